The summed E-state index contributed by atoms with van der Waals surface area (Å²) in [6.07, 6.45) is 3.38. The van der Waals surface area contributed by atoms with Gasteiger partial charge in [-0.05, 0) is 105 Å². The number of carbonyl (C=O) groups is 6. The van der Waals surface area contributed by atoms with E-state index in [2.05, 4.69) is 93.5 Å². The van der Waals surface area contributed by atoms with Gasteiger partial charge in [-0.1, -0.05) is 169 Å². The quantitative estimate of drug-likeness (QED) is 0.0354. The van der Waals surface area contributed by atoms with E-state index in [-0.39, 0.29) is 120 Å². The normalized spacial score (nSPS) is 15.9. The summed E-state index contributed by atoms with van der Waals surface area (Å²) in [7, 11) is 1.50. The van der Waals surface area contributed by atoms with Gasteiger partial charge in [-0.2, -0.15) is 0 Å². The van der Waals surface area contributed by atoms with E-state index >= 15 is 0 Å². The molecule has 0 spiro atoms. The number of benzene rings is 7. The third-order valence-electron chi connectivity index (χ3n) is 16.6. The molecule has 24 heteroatoms. The van der Waals surface area contributed by atoms with Crippen LogP contribution in [0.25, 0.3) is 33.4 Å². The number of nitrogens with zero attached hydrogens (tertiary/aromatic N) is 4. The molecule has 0 radical (unpaired) electrons. The number of hydrogen-bond donors (Lipinski definition) is 3. The standard InChI is InChI=1S/3C21H22N2O3.C6H5ClO2S.CH2O3.2Na.H/c24-21(23-12-5-6-15(22-25)11-13-23)26-14-20-18-9-3-1-7-16(18)17-8-2-4-10-19(17)20;24-20-10-13-23(12-5-11-22-20)21(25)26-14-19-17-8-3-1-6-15(17)16-7-2-4-9-18(16)19;24-20-10-5-12-23(13-11-22-20)21(25)26-14-19-17-8-3-1-6-15(17)16-7-2-4-9-18(16)19;7-10(8,9)6-4-2-1-3-5-6;2-1-4-3;;;/h1-4,7-10,20,25H,5-6,11-14H2;2*1-4,6-9,19H,5,10-14H2,(H,22,24);1-5H;1,3H;;;/q;;;;;2*+1;-1/p-1/b22-15+;;;;;;;. The molecule has 0 aromatic heterocycles. The molecule has 5 amide bonds. The van der Waals surface area contributed by atoms with Gasteiger partial charge < -0.3 is 56.3 Å². The smallest absolute Gasteiger partial charge is 1.00 e. The van der Waals surface area contributed by atoms with E-state index in [9.17, 15) is 32.4 Å². The molecule has 3 aliphatic heterocycles. The number of amides is 5. The van der Waals surface area contributed by atoms with E-state index in [0.29, 0.717) is 97.9 Å². The zero-order chi connectivity index (χ0) is 64.8. The van der Waals surface area contributed by atoms with Crippen molar-refractivity contribution in [3.63, 3.8) is 0 Å². The molecule has 0 atom stereocenters. The second-order valence-corrected chi connectivity index (χ2v) is 24.8. The topological polar surface area (TPSA) is 263 Å². The molecule has 3 saturated heterocycles. The van der Waals surface area contributed by atoms with E-state index < -0.39 is 9.05 Å². The predicted octanol–water partition coefficient (Wildman–Crippen LogP) is 4.72. The van der Waals surface area contributed by atoms with Gasteiger partial charge >= 0.3 is 77.4 Å². The third kappa shape index (κ3) is 19.5. The largest absolute Gasteiger partial charge is 1.00 e. The van der Waals surface area contributed by atoms with Crippen molar-refractivity contribution in [2.75, 3.05) is 72.2 Å². The Balaban J connectivity index is 0.000000202. The zero-order valence-electron chi connectivity index (χ0n) is 53.6. The minimum atomic E-state index is -3.53. The SMILES string of the molecule is O=C(OCC1c2ccccc2-c2ccccc21)N1CCC/C(=N\O)CC1.O=C1CCCN(C(=O)OCC2c3ccccc3-c3ccccc32)CCN1.O=C1CCN(C(=O)OCC2c3ccccc3-c3ccccc32)CCCN1.O=CO[O-].O=S(=O)(Cl)c1ccccc1.[H-].[Na+].[Na+]. The molecular formula is C70H73ClN6Na2O14S. The first kappa shape index (κ1) is 73.8. The van der Waals surface area contributed by atoms with Gasteiger partial charge in [0.1, 0.15) is 19.8 Å². The second-order valence-electron chi connectivity index (χ2n) is 22.2. The van der Waals surface area contributed by atoms with E-state index in [1.54, 1.807) is 32.9 Å². The Morgan fingerprint density at radius 2 is 0.809 bits per heavy atom. The van der Waals surface area contributed by atoms with Crippen molar-refractivity contribution in [3.05, 3.63) is 209 Å². The molecule has 6 aliphatic rings. The number of oxime groups is 1. The summed E-state index contributed by atoms with van der Waals surface area (Å²) >= 11 is 0. The van der Waals surface area contributed by atoms with Crippen molar-refractivity contribution in [3.8, 4) is 33.4 Å². The molecule has 3 aliphatic carbocycles. The van der Waals surface area contributed by atoms with Crippen LogP contribution in [-0.2, 0) is 42.5 Å². The molecule has 13 rings (SSSR count). The number of carbonyl (C=O) groups excluding carboxylic acids is 6. The Hall–Kier alpha value is -7.57. The first-order valence-corrected chi connectivity index (χ1v) is 32.8. The summed E-state index contributed by atoms with van der Waals surface area (Å²) in [5.41, 5.74) is 15.3. The Labute approximate surface area is 597 Å². The fraction of sp³-hybridized carbons (Fsp3) is 0.300. The Bertz CT molecular complexity index is 3730. The van der Waals surface area contributed by atoms with Crippen LogP contribution in [0.4, 0.5) is 14.4 Å². The van der Waals surface area contributed by atoms with Gasteiger partial charge in [0.05, 0.1) is 10.6 Å². The summed E-state index contributed by atoms with van der Waals surface area (Å²) in [5, 5.41) is 26.3. The van der Waals surface area contributed by atoms with Crippen LogP contribution in [0.15, 0.2) is 186 Å². The summed E-state index contributed by atoms with van der Waals surface area (Å²) < 4.78 is 38.2. The average molecular weight is 1340 g/mol. The predicted molar refractivity (Wildman–Crippen MR) is 345 cm³/mol. The number of fused-ring (bicyclic) bond motifs is 9. The second kappa shape index (κ2) is 36.9. The molecule has 20 nitrogen and oxygen atoms in total. The Morgan fingerprint density at radius 1 is 0.489 bits per heavy atom. The molecule has 0 saturated carbocycles. The van der Waals surface area contributed by atoms with Crippen molar-refractivity contribution >= 4 is 62.0 Å². The number of likely N-dealkylation sites (tertiary alicyclic amines) is 1. The van der Waals surface area contributed by atoms with E-state index in [1.165, 1.54) is 78.9 Å². The van der Waals surface area contributed by atoms with Crippen LogP contribution in [0, 0.1) is 0 Å². The minimum absolute atomic E-state index is 0. The summed E-state index contributed by atoms with van der Waals surface area (Å²) in [6, 6.07) is 57.7. The van der Waals surface area contributed by atoms with Crippen LogP contribution in [0.3, 0.4) is 0 Å². The van der Waals surface area contributed by atoms with Crippen LogP contribution in [0.2, 0.25) is 0 Å². The molecule has 3 heterocycles. The third-order valence-corrected chi connectivity index (χ3v) is 18.0. The maximum Gasteiger partial charge on any atom is 1.00 e. The van der Waals surface area contributed by atoms with Gasteiger partial charge in [0.15, 0.2) is 0 Å². The van der Waals surface area contributed by atoms with E-state index in [4.69, 9.17) is 40.2 Å². The summed E-state index contributed by atoms with van der Waals surface area (Å²) in [5.74, 6) is 0.247. The molecule has 482 valence electrons. The molecule has 94 heavy (non-hydrogen) atoms. The molecule has 3 N–H and O–H groups in total. The van der Waals surface area contributed by atoms with Crippen molar-refractivity contribution < 1.29 is 127 Å². The van der Waals surface area contributed by atoms with Crippen LogP contribution in [0.5, 0.6) is 0 Å². The monoisotopic (exact) mass is 1330 g/mol. The summed E-state index contributed by atoms with van der Waals surface area (Å²) in [4.78, 5) is 77.0. The molecule has 3 fully saturated rings. The zero-order valence-corrected chi connectivity index (χ0v) is 58.2. The van der Waals surface area contributed by atoms with Gasteiger partial charge in [-0.15, -0.1) is 0 Å². The van der Waals surface area contributed by atoms with Gasteiger partial charge in [0, 0.05) is 100 Å². The van der Waals surface area contributed by atoms with Crippen LogP contribution >= 0.6 is 10.7 Å². The van der Waals surface area contributed by atoms with E-state index in [1.807, 2.05) is 72.8 Å². The van der Waals surface area contributed by atoms with Crippen LogP contribution in [-0.4, -0.2) is 143 Å². The minimum Gasteiger partial charge on any atom is -1.00 e. The van der Waals surface area contributed by atoms with Gasteiger partial charge in [0.2, 0.25) is 11.8 Å². The Morgan fingerprint density at radius 3 is 1.17 bits per heavy atom. The number of nitrogens with one attached hydrogen (secondary N) is 2. The van der Waals surface area contributed by atoms with Gasteiger partial charge in [0.25, 0.3) is 15.5 Å². The first-order chi connectivity index (χ1) is 44.8. The van der Waals surface area contributed by atoms with Crippen molar-refractivity contribution in [1.29, 1.82) is 0 Å². The van der Waals surface area contributed by atoms with Crippen LogP contribution < -0.4 is 75.0 Å². The molecular weight excluding hydrogens is 1260 g/mol. The number of halogens is 1. The molecule has 7 aromatic carbocycles. The van der Waals surface area contributed by atoms with Crippen molar-refractivity contribution in [2.24, 2.45) is 5.16 Å². The van der Waals surface area contributed by atoms with Crippen molar-refractivity contribution in [2.45, 2.75) is 67.6 Å². The number of ether oxygens (including phenoxy) is 3. The molecule has 0 bridgehead atoms. The van der Waals surface area contributed by atoms with Gasteiger partial charge in [-0.25, -0.2) is 22.8 Å². The van der Waals surface area contributed by atoms with Crippen molar-refractivity contribution in [1.82, 2.24) is 25.3 Å². The molecule has 7 aromatic rings. The summed E-state index contributed by atoms with van der Waals surface area (Å²) in [6.45, 7) is 5.11. The fourth-order valence-corrected chi connectivity index (χ4v) is 12.9. The number of hydrogen-bond acceptors (Lipinski definition) is 15. The first-order valence-electron chi connectivity index (χ1n) is 30.5. The molecule has 0 unspecified atom stereocenters. The average Bonchev–Trinajstić information content (AvgIpc) is 1.64. The van der Waals surface area contributed by atoms with Crippen LogP contribution in [0.1, 0.15) is 97.5 Å². The fourth-order valence-electron chi connectivity index (χ4n) is 12.2. The maximum atomic E-state index is 12.5. The number of rotatable bonds is 8. The van der Waals surface area contributed by atoms with E-state index in [0.717, 1.165) is 25.0 Å². The maximum absolute atomic E-state index is 12.5. The Kier molecular flexibility index (Phi) is 29.0. The van der Waals surface area contributed by atoms with Gasteiger partial charge in [-0.3, -0.25) is 14.4 Å².